The maximum absolute atomic E-state index is 5.71. The molecule has 0 saturated heterocycles. The van der Waals surface area contributed by atoms with Crippen LogP contribution < -0.4 is 10.1 Å². The Morgan fingerprint density at radius 2 is 2.06 bits per heavy atom. The van der Waals surface area contributed by atoms with Gasteiger partial charge in [0.25, 0.3) is 0 Å². The van der Waals surface area contributed by atoms with Crippen LogP contribution in [0.5, 0.6) is 5.75 Å². The summed E-state index contributed by atoms with van der Waals surface area (Å²) in [5.41, 5.74) is 1.15. The van der Waals surface area contributed by atoms with Crippen molar-refractivity contribution in [3.05, 3.63) is 47.1 Å². The molecule has 0 fully saturated rings. The van der Waals surface area contributed by atoms with E-state index in [0.717, 1.165) is 23.6 Å². The zero-order chi connectivity index (χ0) is 12.4. The number of para-hydroxylation sites is 1. The van der Waals surface area contributed by atoms with Crippen molar-refractivity contribution >= 4 is 17.4 Å². The summed E-state index contributed by atoms with van der Waals surface area (Å²) in [4.78, 5) is 0. The van der Waals surface area contributed by atoms with Gasteiger partial charge in [-0.1, -0.05) is 29.8 Å². The molecule has 1 aromatic heterocycles. The number of halogens is 1. The highest BCUT2D eigenvalue weighted by atomic mass is 35.5. The van der Waals surface area contributed by atoms with Gasteiger partial charge in [-0.05, 0) is 18.2 Å². The molecule has 0 radical (unpaired) electrons. The fourth-order valence-electron chi connectivity index (χ4n) is 2.06. The predicted molar refractivity (Wildman–Crippen MR) is 70.0 cm³/mol. The van der Waals surface area contributed by atoms with E-state index >= 15 is 0 Å². The number of ether oxygens (including phenoxy) is 1. The third kappa shape index (κ3) is 2.24. The van der Waals surface area contributed by atoms with Gasteiger partial charge in [0.15, 0.2) is 5.15 Å². The molecule has 1 aromatic carbocycles. The molecule has 0 spiro atoms. The lowest BCUT2D eigenvalue weighted by Crippen LogP contribution is -2.20. The largest absolute Gasteiger partial charge is 0.493 e. The van der Waals surface area contributed by atoms with E-state index in [1.807, 2.05) is 24.3 Å². The molecule has 0 bridgehead atoms. The van der Waals surface area contributed by atoms with Crippen LogP contribution in [0.3, 0.4) is 0 Å². The first-order chi connectivity index (χ1) is 8.83. The summed E-state index contributed by atoms with van der Waals surface area (Å²) in [6, 6.07) is 11.8. The molecule has 0 aliphatic carbocycles. The van der Waals surface area contributed by atoms with Crippen LogP contribution in [-0.2, 0) is 0 Å². The summed E-state index contributed by atoms with van der Waals surface area (Å²) in [7, 11) is 0. The van der Waals surface area contributed by atoms with Crippen molar-refractivity contribution in [2.75, 3.05) is 11.9 Å². The Morgan fingerprint density at radius 1 is 1.17 bits per heavy atom. The Morgan fingerprint density at radius 3 is 2.89 bits per heavy atom. The van der Waals surface area contributed by atoms with Crippen LogP contribution in [0.1, 0.15) is 18.0 Å². The molecule has 1 aliphatic heterocycles. The van der Waals surface area contributed by atoms with Crippen LogP contribution in [0.2, 0.25) is 5.15 Å². The number of nitrogens with zero attached hydrogens (tertiary/aromatic N) is 2. The van der Waals surface area contributed by atoms with Gasteiger partial charge in [0.2, 0.25) is 0 Å². The fraction of sp³-hybridized carbons (Fsp3) is 0.231. The zero-order valence-corrected chi connectivity index (χ0v) is 10.4. The van der Waals surface area contributed by atoms with Crippen molar-refractivity contribution in [2.24, 2.45) is 0 Å². The van der Waals surface area contributed by atoms with Crippen LogP contribution in [-0.4, -0.2) is 16.8 Å². The Labute approximate surface area is 110 Å². The van der Waals surface area contributed by atoms with Gasteiger partial charge in [-0.15, -0.1) is 10.2 Å². The lowest BCUT2D eigenvalue weighted by molar-refractivity contribution is 0.274. The summed E-state index contributed by atoms with van der Waals surface area (Å²) >= 11 is 5.71. The standard InChI is InChI=1S/C13H12ClN3O/c14-12-5-6-13(17-16-12)15-10-7-8-18-11-4-2-1-3-9(10)11/h1-6,10H,7-8H2,(H,15,17)/t10-/m0/s1. The van der Waals surface area contributed by atoms with Gasteiger partial charge in [0, 0.05) is 12.0 Å². The van der Waals surface area contributed by atoms with E-state index in [1.54, 1.807) is 6.07 Å². The second-order valence-electron chi connectivity index (χ2n) is 4.11. The first kappa shape index (κ1) is 11.3. The van der Waals surface area contributed by atoms with E-state index in [2.05, 4.69) is 21.6 Å². The smallest absolute Gasteiger partial charge is 0.151 e. The number of anilines is 1. The van der Waals surface area contributed by atoms with Gasteiger partial charge in [-0.3, -0.25) is 0 Å². The second kappa shape index (κ2) is 4.82. The molecule has 1 aliphatic rings. The average molecular weight is 262 g/mol. The summed E-state index contributed by atoms with van der Waals surface area (Å²) < 4.78 is 5.61. The van der Waals surface area contributed by atoms with Gasteiger partial charge in [-0.2, -0.15) is 0 Å². The van der Waals surface area contributed by atoms with Crippen LogP contribution in [0.15, 0.2) is 36.4 Å². The van der Waals surface area contributed by atoms with Crippen molar-refractivity contribution in [2.45, 2.75) is 12.5 Å². The van der Waals surface area contributed by atoms with E-state index in [-0.39, 0.29) is 6.04 Å². The van der Waals surface area contributed by atoms with Crippen molar-refractivity contribution in [3.8, 4) is 5.75 Å². The monoisotopic (exact) mass is 261 g/mol. The third-order valence-corrected chi connectivity index (χ3v) is 3.11. The minimum atomic E-state index is 0.199. The highest BCUT2D eigenvalue weighted by Crippen LogP contribution is 2.33. The van der Waals surface area contributed by atoms with Crippen molar-refractivity contribution in [3.63, 3.8) is 0 Å². The molecule has 5 heteroatoms. The van der Waals surface area contributed by atoms with E-state index in [9.17, 15) is 0 Å². The lowest BCUT2D eigenvalue weighted by Gasteiger charge is -2.26. The summed E-state index contributed by atoms with van der Waals surface area (Å²) in [5, 5.41) is 11.6. The predicted octanol–water partition coefficient (Wildman–Crippen LogP) is 3.07. The molecule has 4 nitrogen and oxygen atoms in total. The van der Waals surface area contributed by atoms with Crippen LogP contribution in [0.25, 0.3) is 0 Å². The number of benzene rings is 1. The Balaban J connectivity index is 1.84. The van der Waals surface area contributed by atoms with Crippen LogP contribution in [0, 0.1) is 0 Å². The number of fused-ring (bicyclic) bond motifs is 1. The Hall–Kier alpha value is -1.81. The highest BCUT2D eigenvalue weighted by molar-refractivity contribution is 6.29. The van der Waals surface area contributed by atoms with Crippen LogP contribution >= 0.6 is 11.6 Å². The number of hydrogen-bond donors (Lipinski definition) is 1. The van der Waals surface area contributed by atoms with Gasteiger partial charge >= 0.3 is 0 Å². The minimum Gasteiger partial charge on any atom is -0.493 e. The maximum Gasteiger partial charge on any atom is 0.151 e. The first-order valence-electron chi connectivity index (χ1n) is 5.80. The van der Waals surface area contributed by atoms with E-state index in [4.69, 9.17) is 16.3 Å². The third-order valence-electron chi connectivity index (χ3n) is 2.91. The molecule has 2 aromatic rings. The molecule has 1 atom stereocenters. The summed E-state index contributed by atoms with van der Waals surface area (Å²) in [6.45, 7) is 0.704. The normalized spacial score (nSPS) is 17.7. The molecule has 2 heterocycles. The van der Waals surface area contributed by atoms with Gasteiger partial charge in [0.1, 0.15) is 11.6 Å². The number of rotatable bonds is 2. The number of aromatic nitrogens is 2. The number of nitrogens with one attached hydrogen (secondary N) is 1. The first-order valence-corrected chi connectivity index (χ1v) is 6.18. The van der Waals surface area contributed by atoms with Crippen molar-refractivity contribution < 1.29 is 4.74 Å². The SMILES string of the molecule is Clc1ccc(N[C@H]2CCOc3ccccc32)nn1. The van der Waals surface area contributed by atoms with E-state index < -0.39 is 0 Å². The van der Waals surface area contributed by atoms with Gasteiger partial charge < -0.3 is 10.1 Å². The van der Waals surface area contributed by atoms with Crippen molar-refractivity contribution in [1.82, 2.24) is 10.2 Å². The number of hydrogen-bond acceptors (Lipinski definition) is 4. The molecule has 92 valence electrons. The lowest BCUT2D eigenvalue weighted by atomic mass is 10.0. The molecule has 1 N–H and O–H groups in total. The topological polar surface area (TPSA) is 47.0 Å². The highest BCUT2D eigenvalue weighted by Gasteiger charge is 2.21. The molecule has 18 heavy (non-hydrogen) atoms. The van der Waals surface area contributed by atoms with Gasteiger partial charge in [-0.25, -0.2) is 0 Å². The molecule has 0 unspecified atom stereocenters. The second-order valence-corrected chi connectivity index (χ2v) is 4.50. The van der Waals surface area contributed by atoms with Crippen molar-refractivity contribution in [1.29, 1.82) is 0 Å². The zero-order valence-electron chi connectivity index (χ0n) is 9.64. The average Bonchev–Trinajstić information content (AvgIpc) is 2.42. The molecular formula is C13H12ClN3O. The summed E-state index contributed by atoms with van der Waals surface area (Å²) in [6.07, 6.45) is 0.904. The fourth-order valence-corrected chi connectivity index (χ4v) is 2.16. The molecular weight excluding hydrogens is 250 g/mol. The maximum atomic E-state index is 5.71. The Bertz CT molecular complexity index is 544. The minimum absolute atomic E-state index is 0.199. The van der Waals surface area contributed by atoms with E-state index in [1.165, 1.54) is 0 Å². The Kier molecular flexibility index (Phi) is 3.02. The molecule has 3 rings (SSSR count). The van der Waals surface area contributed by atoms with Crippen LogP contribution in [0.4, 0.5) is 5.82 Å². The van der Waals surface area contributed by atoms with Gasteiger partial charge in [0.05, 0.1) is 12.6 Å². The molecule has 0 amide bonds. The summed E-state index contributed by atoms with van der Waals surface area (Å²) in [5.74, 6) is 1.66. The quantitative estimate of drug-likeness (QED) is 0.903. The van der Waals surface area contributed by atoms with E-state index in [0.29, 0.717) is 11.8 Å². The molecule has 0 saturated carbocycles.